The van der Waals surface area contributed by atoms with Gasteiger partial charge in [-0.25, -0.2) is 0 Å². The molecule has 4 aliphatic heterocycles. The third kappa shape index (κ3) is 5.57. The van der Waals surface area contributed by atoms with Crippen LogP contribution in [0.15, 0.2) is 231 Å². The minimum Gasteiger partial charge on any atom is -0.458 e. The lowest BCUT2D eigenvalue weighted by Crippen LogP contribution is -2.57. The Kier molecular flexibility index (Phi) is 8.08. The number of para-hydroxylation sites is 7. The SMILES string of the molecule is c1ccc2c(c1)Oc1cc(-c3ccccc3-n3c4ccccc4c4cc(-c5ccc6c7ccccc7n(-c7cc8c9c(c7)Oc7ccccc7B9c7ccccc7O8)c6c5)ccc43)cc3c1B2c1ccccc1O3. The normalized spacial score (nSPS) is 13.2. The van der Waals surface area contributed by atoms with Crippen molar-refractivity contribution in [1.82, 2.24) is 9.13 Å². The largest absolute Gasteiger partial charge is 0.458 e. The Balaban J connectivity index is 0.811. The van der Waals surface area contributed by atoms with E-state index in [2.05, 4.69) is 215 Å². The van der Waals surface area contributed by atoms with E-state index in [9.17, 15) is 0 Å². The van der Waals surface area contributed by atoms with Crippen LogP contribution in [-0.4, -0.2) is 22.6 Å². The minimum absolute atomic E-state index is 0.00791. The fourth-order valence-corrected chi connectivity index (χ4v) is 12.8. The first-order valence-electron chi connectivity index (χ1n) is 25.3. The lowest BCUT2D eigenvalue weighted by molar-refractivity contribution is 0.464. The summed E-state index contributed by atoms with van der Waals surface area (Å²) in [6, 6.07) is 82.3. The summed E-state index contributed by atoms with van der Waals surface area (Å²) in [5.74, 6) is 6.77. The molecule has 0 N–H and O–H groups in total. The summed E-state index contributed by atoms with van der Waals surface area (Å²) in [4.78, 5) is 0. The molecule has 11 aromatic carbocycles. The smallest absolute Gasteiger partial charge is 0.260 e. The van der Waals surface area contributed by atoms with Gasteiger partial charge in [-0.05, 0) is 111 Å². The highest BCUT2D eigenvalue weighted by molar-refractivity contribution is 6.99. The van der Waals surface area contributed by atoms with E-state index in [1.54, 1.807) is 0 Å². The van der Waals surface area contributed by atoms with Crippen LogP contribution in [0.1, 0.15) is 0 Å². The molecule has 13 aromatic rings. The number of aromatic nitrogens is 2. The van der Waals surface area contributed by atoms with Crippen molar-refractivity contribution < 1.29 is 18.9 Å². The molecule has 8 heteroatoms. The second-order valence-electron chi connectivity index (χ2n) is 19.9. The quantitative estimate of drug-likeness (QED) is 0.165. The van der Waals surface area contributed by atoms with Gasteiger partial charge in [-0.3, -0.25) is 0 Å². The molecule has 74 heavy (non-hydrogen) atoms. The Morgan fingerprint density at radius 2 is 0.689 bits per heavy atom. The fraction of sp³-hybridized carbons (Fsp3) is 0. The summed E-state index contributed by atoms with van der Waals surface area (Å²) in [7, 11) is 0. The topological polar surface area (TPSA) is 46.8 Å². The highest BCUT2D eigenvalue weighted by Crippen LogP contribution is 2.44. The number of hydrogen-bond donors (Lipinski definition) is 0. The Hall–Kier alpha value is -9.65. The van der Waals surface area contributed by atoms with Crippen molar-refractivity contribution >= 4 is 89.8 Å². The average molecular weight is 945 g/mol. The third-order valence-corrected chi connectivity index (χ3v) is 16.0. The zero-order chi connectivity index (χ0) is 48.2. The van der Waals surface area contributed by atoms with E-state index >= 15 is 0 Å². The monoisotopic (exact) mass is 944 g/mol. The molecule has 0 aliphatic carbocycles. The van der Waals surface area contributed by atoms with E-state index in [1.807, 2.05) is 24.3 Å². The van der Waals surface area contributed by atoms with Gasteiger partial charge in [-0.2, -0.15) is 0 Å². The van der Waals surface area contributed by atoms with Crippen molar-refractivity contribution in [3.63, 3.8) is 0 Å². The van der Waals surface area contributed by atoms with Crippen LogP contribution in [0.3, 0.4) is 0 Å². The van der Waals surface area contributed by atoms with Gasteiger partial charge < -0.3 is 28.1 Å². The van der Waals surface area contributed by atoms with E-state index in [0.717, 1.165) is 134 Å². The first-order chi connectivity index (χ1) is 36.7. The fourth-order valence-electron chi connectivity index (χ4n) is 12.8. The van der Waals surface area contributed by atoms with E-state index in [1.165, 1.54) is 21.5 Å². The summed E-state index contributed by atoms with van der Waals surface area (Å²) >= 11 is 0. The van der Waals surface area contributed by atoms with Crippen LogP contribution in [0.4, 0.5) is 0 Å². The molecular weight excluding hydrogens is 906 g/mol. The van der Waals surface area contributed by atoms with Crippen molar-refractivity contribution in [2.45, 2.75) is 0 Å². The zero-order valence-electron chi connectivity index (χ0n) is 39.6. The van der Waals surface area contributed by atoms with Gasteiger partial charge in [-0.15, -0.1) is 0 Å². The molecule has 2 aromatic heterocycles. The maximum Gasteiger partial charge on any atom is 0.260 e. The second kappa shape index (κ2) is 14.9. The lowest BCUT2D eigenvalue weighted by Gasteiger charge is -2.33. The molecule has 0 radical (unpaired) electrons. The number of ether oxygens (including phenoxy) is 4. The van der Waals surface area contributed by atoms with Crippen molar-refractivity contribution in [3.05, 3.63) is 231 Å². The molecule has 6 nitrogen and oxygen atoms in total. The molecule has 17 rings (SSSR count). The highest BCUT2D eigenvalue weighted by atomic mass is 16.5. The Bertz CT molecular complexity index is 4470. The molecule has 0 atom stereocenters. The third-order valence-electron chi connectivity index (χ3n) is 16.0. The minimum atomic E-state index is 0.00791. The number of rotatable bonds is 4. The van der Waals surface area contributed by atoms with Gasteiger partial charge in [0.1, 0.15) is 46.0 Å². The molecule has 0 saturated carbocycles. The van der Waals surface area contributed by atoms with Gasteiger partial charge in [0, 0.05) is 50.2 Å². The zero-order valence-corrected chi connectivity index (χ0v) is 39.6. The van der Waals surface area contributed by atoms with Crippen LogP contribution in [0.25, 0.3) is 77.2 Å². The van der Waals surface area contributed by atoms with E-state index in [4.69, 9.17) is 18.9 Å². The van der Waals surface area contributed by atoms with E-state index in [-0.39, 0.29) is 13.4 Å². The molecule has 4 aliphatic rings. The Morgan fingerprint density at radius 3 is 1.27 bits per heavy atom. The molecule has 0 fully saturated rings. The van der Waals surface area contributed by atoms with Crippen molar-refractivity contribution in [3.8, 4) is 79.6 Å². The summed E-state index contributed by atoms with van der Waals surface area (Å²) in [6.45, 7) is 0.0221. The number of fused-ring (bicyclic) bond motifs is 14. The Labute approximate surface area is 426 Å². The van der Waals surface area contributed by atoms with E-state index in [0.29, 0.717) is 0 Å². The molecule has 0 amide bonds. The van der Waals surface area contributed by atoms with Crippen LogP contribution in [0.5, 0.6) is 46.0 Å². The lowest BCUT2D eigenvalue weighted by atomic mass is 9.35. The number of nitrogens with zero attached hydrogens (tertiary/aromatic N) is 2. The van der Waals surface area contributed by atoms with E-state index < -0.39 is 0 Å². The predicted molar refractivity (Wildman–Crippen MR) is 301 cm³/mol. The maximum absolute atomic E-state index is 6.79. The summed E-state index contributed by atoms with van der Waals surface area (Å²) in [5.41, 5.74) is 17.6. The van der Waals surface area contributed by atoms with Crippen molar-refractivity contribution in [2.75, 3.05) is 0 Å². The van der Waals surface area contributed by atoms with Crippen LogP contribution >= 0.6 is 0 Å². The van der Waals surface area contributed by atoms with Gasteiger partial charge in [0.05, 0.1) is 33.4 Å². The van der Waals surface area contributed by atoms with Crippen LogP contribution in [-0.2, 0) is 0 Å². The summed E-state index contributed by atoms with van der Waals surface area (Å²) in [5, 5.41) is 4.72. The first kappa shape index (κ1) is 40.0. The Morgan fingerprint density at radius 1 is 0.270 bits per heavy atom. The van der Waals surface area contributed by atoms with Gasteiger partial charge in [0.25, 0.3) is 13.4 Å². The van der Waals surface area contributed by atoms with Crippen molar-refractivity contribution in [2.24, 2.45) is 0 Å². The molecular formula is C66H38B2N2O4. The van der Waals surface area contributed by atoms with Crippen LogP contribution < -0.4 is 51.7 Å². The summed E-state index contributed by atoms with van der Waals surface area (Å²) in [6.07, 6.45) is 0. The maximum atomic E-state index is 6.79. The standard InChI is InChI=1S/C66H38B2N2O4/c1-8-22-52(43(15-1)41-35-61-65-62(36-41)72-58-26-12-5-19-49(58)67(65)48-18-4-11-25-57(48)71-61)70-54-24-10-3-17-45(54)47-33-39(30-32-55(47)70)40-29-31-46-44-16-2-9-23-53(44)69(56(46)34-40)42-37-63-66-64(38-42)74-60-28-14-7-21-51(60)68(66)50-20-6-13-27-59(50)73-63/h1-38H. The molecule has 6 heterocycles. The molecule has 0 unspecified atom stereocenters. The summed E-state index contributed by atoms with van der Waals surface area (Å²) < 4.78 is 31.9. The predicted octanol–water partition coefficient (Wildman–Crippen LogP) is 12.7. The molecule has 0 spiro atoms. The molecule has 342 valence electrons. The van der Waals surface area contributed by atoms with Gasteiger partial charge in [0.2, 0.25) is 0 Å². The van der Waals surface area contributed by atoms with Gasteiger partial charge in [-0.1, -0.05) is 146 Å². The first-order valence-corrected chi connectivity index (χ1v) is 25.3. The number of hydrogen-bond acceptors (Lipinski definition) is 4. The second-order valence-corrected chi connectivity index (χ2v) is 19.9. The molecule has 0 saturated heterocycles. The highest BCUT2D eigenvalue weighted by Gasteiger charge is 2.42. The van der Waals surface area contributed by atoms with Crippen LogP contribution in [0, 0.1) is 0 Å². The number of benzene rings is 11. The van der Waals surface area contributed by atoms with Gasteiger partial charge >= 0.3 is 0 Å². The van der Waals surface area contributed by atoms with Gasteiger partial charge in [0.15, 0.2) is 0 Å². The van der Waals surface area contributed by atoms with Crippen LogP contribution in [0.2, 0.25) is 0 Å². The molecule has 0 bridgehead atoms. The average Bonchev–Trinajstić information content (AvgIpc) is 3.97. The van der Waals surface area contributed by atoms with Crippen molar-refractivity contribution in [1.29, 1.82) is 0 Å².